The topological polar surface area (TPSA) is 186 Å². The maximum atomic E-state index is 12.7. The van der Waals surface area contributed by atoms with E-state index in [0.717, 1.165) is 41.2 Å². The number of nitrogens with two attached hydrogens (primary N) is 2. The van der Waals surface area contributed by atoms with Gasteiger partial charge in [-0.1, -0.05) is 24.3 Å². The second-order valence-corrected chi connectivity index (χ2v) is 9.52. The molecule has 2 aliphatic heterocycles. The number of aliphatic carboxylic acids is 1. The number of amides is 1. The molecule has 0 fully saturated rings. The number of anilines is 1. The number of hydrogen-bond acceptors (Lipinski definition) is 6. The number of rotatable bonds is 4. The first-order chi connectivity index (χ1) is 18.3. The van der Waals surface area contributed by atoms with Gasteiger partial charge in [-0.3, -0.25) is 15.6 Å². The summed E-state index contributed by atoms with van der Waals surface area (Å²) >= 11 is 1.37. The summed E-state index contributed by atoms with van der Waals surface area (Å²) in [5.41, 5.74) is 15.2. The molecule has 0 bridgehead atoms. The molecule has 8 N–H and O–H groups in total. The van der Waals surface area contributed by atoms with E-state index in [0.29, 0.717) is 24.5 Å². The van der Waals surface area contributed by atoms with Crippen molar-refractivity contribution in [1.29, 1.82) is 10.8 Å². The Bertz CT molecular complexity index is 1300. The van der Waals surface area contributed by atoms with Gasteiger partial charge in [0.25, 0.3) is 5.91 Å². The van der Waals surface area contributed by atoms with Gasteiger partial charge in [0.2, 0.25) is 0 Å². The molecule has 0 saturated heterocycles. The molecule has 208 valence electrons. The van der Waals surface area contributed by atoms with Gasteiger partial charge < -0.3 is 31.7 Å². The Labute approximate surface area is 225 Å². The minimum absolute atomic E-state index is 0.0725. The van der Waals surface area contributed by atoms with Crippen molar-refractivity contribution in [2.24, 2.45) is 11.5 Å². The predicted molar refractivity (Wildman–Crippen MR) is 142 cm³/mol. The number of carbonyl (C=O) groups is 2. The first kappa shape index (κ1) is 29.2. The largest absolute Gasteiger partial charge is 0.490 e. The van der Waals surface area contributed by atoms with Crippen LogP contribution in [0.15, 0.2) is 42.6 Å². The zero-order chi connectivity index (χ0) is 28.7. The number of alkyl halides is 3. The first-order valence-electron chi connectivity index (χ1n) is 11.6. The van der Waals surface area contributed by atoms with Crippen LogP contribution in [0.5, 0.6) is 0 Å². The van der Waals surface area contributed by atoms with Crippen molar-refractivity contribution < 1.29 is 27.9 Å². The van der Waals surface area contributed by atoms with Crippen molar-refractivity contribution in [3.05, 3.63) is 58.1 Å². The number of hydrogen-bond donors (Lipinski definition) is 6. The summed E-state index contributed by atoms with van der Waals surface area (Å²) in [6.45, 7) is 2.63. The summed E-state index contributed by atoms with van der Waals surface area (Å²) in [5, 5.41) is 25.9. The maximum Gasteiger partial charge on any atom is 0.490 e. The van der Waals surface area contributed by atoms with E-state index in [4.69, 9.17) is 32.2 Å². The van der Waals surface area contributed by atoms with Gasteiger partial charge in [0.1, 0.15) is 9.88 Å². The molecule has 15 heteroatoms. The van der Waals surface area contributed by atoms with Gasteiger partial charge in [-0.05, 0) is 41.7 Å². The van der Waals surface area contributed by atoms with Gasteiger partial charge in [0, 0.05) is 31.9 Å². The van der Waals surface area contributed by atoms with Crippen LogP contribution in [-0.4, -0.2) is 76.0 Å². The standard InChI is InChI=1S/C22H26N8OS.C2HF3O2/c23-21(24)29-9-5-15(6-10-29)14-1-3-17(4-2-14)28-19(31)18-13-27-20(32-18)16-7-11-30(12-8-16)22(25)26;3-2(4,5)1(6)7/h1-5,7,13H,6,8-12H2,(H3,23,24)(H3,25,26)(H,28,31);(H,6,7). The van der Waals surface area contributed by atoms with E-state index in [9.17, 15) is 18.0 Å². The molecule has 0 aliphatic carbocycles. The third-order valence-corrected chi connectivity index (χ3v) is 6.93. The van der Waals surface area contributed by atoms with Gasteiger partial charge in [0.15, 0.2) is 11.9 Å². The number of guanidine groups is 2. The number of benzene rings is 1. The highest BCUT2D eigenvalue weighted by Gasteiger charge is 2.38. The Morgan fingerprint density at radius 2 is 1.49 bits per heavy atom. The number of nitrogens with one attached hydrogen (secondary N) is 3. The number of carboxylic acid groups (broad SMARTS) is 1. The van der Waals surface area contributed by atoms with Crippen LogP contribution >= 0.6 is 11.3 Å². The summed E-state index contributed by atoms with van der Waals surface area (Å²) in [7, 11) is 0. The van der Waals surface area contributed by atoms with Crippen molar-refractivity contribution in [3.8, 4) is 0 Å². The van der Waals surface area contributed by atoms with Crippen molar-refractivity contribution in [2.45, 2.75) is 19.0 Å². The molecule has 3 heterocycles. The van der Waals surface area contributed by atoms with E-state index in [1.807, 2.05) is 35.2 Å². The molecule has 0 radical (unpaired) electrons. The highest BCUT2D eigenvalue weighted by atomic mass is 32.1. The smallest absolute Gasteiger partial charge is 0.475 e. The number of carboxylic acids is 1. The fraction of sp³-hybridized carbons (Fsp3) is 0.292. The average Bonchev–Trinajstić information content (AvgIpc) is 3.40. The molecule has 0 atom stereocenters. The van der Waals surface area contributed by atoms with Crippen LogP contribution in [0.1, 0.15) is 33.1 Å². The Kier molecular flexibility index (Phi) is 9.29. The van der Waals surface area contributed by atoms with Gasteiger partial charge in [-0.2, -0.15) is 13.2 Å². The molecule has 2 aliphatic rings. The second kappa shape index (κ2) is 12.4. The summed E-state index contributed by atoms with van der Waals surface area (Å²) in [4.78, 5) is 30.2. The summed E-state index contributed by atoms with van der Waals surface area (Å²) < 4.78 is 31.7. The average molecular weight is 565 g/mol. The van der Waals surface area contributed by atoms with E-state index in [-0.39, 0.29) is 17.8 Å². The molecular weight excluding hydrogens is 537 g/mol. The van der Waals surface area contributed by atoms with Crippen molar-refractivity contribution >= 4 is 52.0 Å². The minimum atomic E-state index is -5.08. The van der Waals surface area contributed by atoms with Crippen LogP contribution in [0.2, 0.25) is 0 Å². The predicted octanol–water partition coefficient (Wildman–Crippen LogP) is 2.99. The van der Waals surface area contributed by atoms with Gasteiger partial charge in [0.05, 0.1) is 6.20 Å². The number of aromatic nitrogens is 1. The number of thiazole rings is 1. The molecule has 39 heavy (non-hydrogen) atoms. The number of carbonyl (C=O) groups excluding carboxylic acids is 1. The third-order valence-electron chi connectivity index (χ3n) is 5.86. The van der Waals surface area contributed by atoms with Crippen LogP contribution in [-0.2, 0) is 4.79 Å². The lowest BCUT2D eigenvalue weighted by atomic mass is 9.99. The lowest BCUT2D eigenvalue weighted by molar-refractivity contribution is -0.192. The molecule has 1 aromatic heterocycles. The Morgan fingerprint density at radius 1 is 0.974 bits per heavy atom. The SMILES string of the molecule is N=C(N)N1CC=C(c2ccc(NC(=O)c3cnc(C4=CCN(C(=N)N)CC4)s3)cc2)CC1.O=C(O)C(F)(F)F. The maximum absolute atomic E-state index is 12.7. The second-order valence-electron chi connectivity index (χ2n) is 8.49. The Balaban J connectivity index is 0.000000532. The monoisotopic (exact) mass is 564 g/mol. The normalized spacial score (nSPS) is 15.4. The zero-order valence-corrected chi connectivity index (χ0v) is 21.4. The molecule has 1 aromatic carbocycles. The molecule has 1 amide bonds. The van der Waals surface area contributed by atoms with E-state index in [1.54, 1.807) is 11.1 Å². The van der Waals surface area contributed by atoms with Crippen LogP contribution in [0.25, 0.3) is 11.1 Å². The fourth-order valence-electron chi connectivity index (χ4n) is 3.72. The van der Waals surface area contributed by atoms with Crippen LogP contribution in [0.4, 0.5) is 18.9 Å². The molecule has 0 saturated carbocycles. The molecule has 4 rings (SSSR count). The molecular formula is C24H27F3N8O3S. The summed E-state index contributed by atoms with van der Waals surface area (Å²) in [6.07, 6.45) is 2.20. The van der Waals surface area contributed by atoms with Crippen molar-refractivity contribution in [3.63, 3.8) is 0 Å². The lowest BCUT2D eigenvalue weighted by Crippen LogP contribution is -2.39. The zero-order valence-electron chi connectivity index (χ0n) is 20.6. The highest BCUT2D eigenvalue weighted by molar-refractivity contribution is 7.14. The Hall–Kier alpha value is -4.40. The Morgan fingerprint density at radius 3 is 1.92 bits per heavy atom. The van der Waals surface area contributed by atoms with Gasteiger partial charge >= 0.3 is 12.1 Å². The molecule has 0 spiro atoms. The molecule has 0 unspecified atom stereocenters. The van der Waals surface area contributed by atoms with Gasteiger partial charge in [-0.25, -0.2) is 9.78 Å². The van der Waals surface area contributed by atoms with Crippen LogP contribution in [0, 0.1) is 10.8 Å². The van der Waals surface area contributed by atoms with E-state index >= 15 is 0 Å². The van der Waals surface area contributed by atoms with Gasteiger partial charge in [-0.15, -0.1) is 11.3 Å². The minimum Gasteiger partial charge on any atom is -0.475 e. The fourth-order valence-corrected chi connectivity index (χ4v) is 4.60. The van der Waals surface area contributed by atoms with Crippen LogP contribution in [0.3, 0.4) is 0 Å². The van der Waals surface area contributed by atoms with Crippen molar-refractivity contribution in [2.75, 3.05) is 31.5 Å². The quantitative estimate of drug-likeness (QED) is 0.242. The van der Waals surface area contributed by atoms with Crippen LogP contribution < -0.4 is 16.8 Å². The van der Waals surface area contributed by atoms with E-state index in [2.05, 4.69) is 16.4 Å². The molecule has 11 nitrogen and oxygen atoms in total. The molecule has 2 aromatic rings. The van der Waals surface area contributed by atoms with E-state index in [1.165, 1.54) is 16.9 Å². The van der Waals surface area contributed by atoms with E-state index < -0.39 is 12.1 Å². The first-order valence-corrected chi connectivity index (χ1v) is 12.4. The highest BCUT2D eigenvalue weighted by Crippen LogP contribution is 2.28. The number of nitrogens with zero attached hydrogens (tertiary/aromatic N) is 3. The number of halogens is 3. The lowest BCUT2D eigenvalue weighted by Gasteiger charge is -2.26. The third kappa shape index (κ3) is 8.04. The van der Waals surface area contributed by atoms with Crippen molar-refractivity contribution in [1.82, 2.24) is 14.8 Å². The summed E-state index contributed by atoms with van der Waals surface area (Å²) in [6, 6.07) is 7.79. The summed E-state index contributed by atoms with van der Waals surface area (Å²) in [5.74, 6) is -2.77.